The molecular weight excluding hydrogens is 250 g/mol. The zero-order valence-corrected chi connectivity index (χ0v) is 11.2. The van der Waals surface area contributed by atoms with Gasteiger partial charge in [0.25, 0.3) is 5.56 Å². The average molecular weight is 265 g/mol. The number of H-pyrrole nitrogens is 1. The molecule has 2 N–H and O–H groups in total. The van der Waals surface area contributed by atoms with E-state index in [0.29, 0.717) is 17.7 Å². The summed E-state index contributed by atoms with van der Waals surface area (Å²) >= 11 is 0. The number of rotatable bonds is 3. The summed E-state index contributed by atoms with van der Waals surface area (Å²) in [5, 5.41) is 4.85. The van der Waals surface area contributed by atoms with Gasteiger partial charge in [-0.3, -0.25) is 9.78 Å². The standard InChI is InChI=1S/C16H15N3O/c1-11-6-7-12(9-17-11)10-18-15-8-13-4-2-3-5-14(13)16(20)19-15/h2-9H,10H2,1H3,(H2,18,19,20). The molecule has 1 aromatic carbocycles. The molecule has 0 aliphatic carbocycles. The minimum absolute atomic E-state index is 0.0763. The second-order valence-electron chi connectivity index (χ2n) is 4.76. The molecule has 20 heavy (non-hydrogen) atoms. The molecule has 0 saturated heterocycles. The third-order valence-corrected chi connectivity index (χ3v) is 3.21. The number of aryl methyl sites for hydroxylation is 1. The summed E-state index contributed by atoms with van der Waals surface area (Å²) < 4.78 is 0. The predicted octanol–water partition coefficient (Wildman–Crippen LogP) is 2.84. The maximum Gasteiger partial charge on any atom is 0.257 e. The fraction of sp³-hybridized carbons (Fsp3) is 0.125. The zero-order valence-electron chi connectivity index (χ0n) is 11.2. The van der Waals surface area contributed by atoms with Crippen molar-refractivity contribution >= 4 is 16.6 Å². The van der Waals surface area contributed by atoms with Crippen LogP contribution in [0.4, 0.5) is 5.82 Å². The first kappa shape index (κ1) is 12.4. The molecule has 0 radical (unpaired) electrons. The lowest BCUT2D eigenvalue weighted by Crippen LogP contribution is -2.10. The van der Waals surface area contributed by atoms with Crippen molar-refractivity contribution in [2.75, 3.05) is 5.32 Å². The van der Waals surface area contributed by atoms with E-state index < -0.39 is 0 Å². The van der Waals surface area contributed by atoms with Gasteiger partial charge in [-0.25, -0.2) is 0 Å². The molecule has 2 aromatic heterocycles. The van der Waals surface area contributed by atoms with Crippen molar-refractivity contribution in [1.82, 2.24) is 9.97 Å². The van der Waals surface area contributed by atoms with E-state index in [4.69, 9.17) is 0 Å². The molecule has 4 heteroatoms. The highest BCUT2D eigenvalue weighted by atomic mass is 16.1. The minimum atomic E-state index is -0.0763. The minimum Gasteiger partial charge on any atom is -0.367 e. The smallest absolute Gasteiger partial charge is 0.257 e. The normalized spacial score (nSPS) is 10.7. The fourth-order valence-corrected chi connectivity index (χ4v) is 2.11. The highest BCUT2D eigenvalue weighted by Crippen LogP contribution is 2.13. The van der Waals surface area contributed by atoms with Crippen LogP contribution in [0.1, 0.15) is 11.3 Å². The number of hydrogen-bond donors (Lipinski definition) is 2. The lowest BCUT2D eigenvalue weighted by atomic mass is 10.2. The average Bonchev–Trinajstić information content (AvgIpc) is 2.47. The summed E-state index contributed by atoms with van der Waals surface area (Å²) in [4.78, 5) is 19.0. The van der Waals surface area contributed by atoms with E-state index in [-0.39, 0.29) is 5.56 Å². The van der Waals surface area contributed by atoms with Crippen LogP contribution in [0.5, 0.6) is 0 Å². The number of nitrogens with zero attached hydrogens (tertiary/aromatic N) is 1. The molecule has 0 aliphatic heterocycles. The van der Waals surface area contributed by atoms with Crippen LogP contribution in [0, 0.1) is 6.92 Å². The van der Waals surface area contributed by atoms with Gasteiger partial charge >= 0.3 is 0 Å². The molecule has 3 aromatic rings. The van der Waals surface area contributed by atoms with Crippen molar-refractivity contribution in [2.45, 2.75) is 13.5 Å². The van der Waals surface area contributed by atoms with Crippen molar-refractivity contribution < 1.29 is 0 Å². The van der Waals surface area contributed by atoms with E-state index in [2.05, 4.69) is 15.3 Å². The number of benzene rings is 1. The molecular formula is C16H15N3O. The molecule has 0 atom stereocenters. The Bertz CT molecular complexity index is 791. The SMILES string of the molecule is Cc1ccc(CNc2cc3ccccc3c(=O)[nH]2)cn1. The second-order valence-corrected chi connectivity index (χ2v) is 4.76. The van der Waals surface area contributed by atoms with Crippen LogP contribution in [0.2, 0.25) is 0 Å². The molecule has 2 heterocycles. The van der Waals surface area contributed by atoms with Crippen LogP contribution < -0.4 is 10.9 Å². The van der Waals surface area contributed by atoms with Gasteiger partial charge in [-0.15, -0.1) is 0 Å². The van der Waals surface area contributed by atoms with Gasteiger partial charge < -0.3 is 10.3 Å². The zero-order chi connectivity index (χ0) is 13.9. The molecule has 100 valence electrons. The number of anilines is 1. The van der Waals surface area contributed by atoms with Gasteiger partial charge in [0.05, 0.1) is 0 Å². The number of aromatic nitrogens is 2. The lowest BCUT2D eigenvalue weighted by Gasteiger charge is -2.07. The number of pyridine rings is 2. The van der Waals surface area contributed by atoms with Crippen LogP contribution in [0.25, 0.3) is 10.8 Å². The van der Waals surface area contributed by atoms with Crippen molar-refractivity contribution in [3.63, 3.8) is 0 Å². The summed E-state index contributed by atoms with van der Waals surface area (Å²) in [5.74, 6) is 0.717. The van der Waals surface area contributed by atoms with E-state index in [1.165, 1.54) is 0 Å². The van der Waals surface area contributed by atoms with Crippen molar-refractivity contribution in [3.05, 3.63) is 70.3 Å². The highest BCUT2D eigenvalue weighted by Gasteiger charge is 2.01. The van der Waals surface area contributed by atoms with Crippen LogP contribution >= 0.6 is 0 Å². The first-order valence-corrected chi connectivity index (χ1v) is 6.50. The lowest BCUT2D eigenvalue weighted by molar-refractivity contribution is 1.06. The number of aromatic amines is 1. The van der Waals surface area contributed by atoms with Crippen LogP contribution in [0.3, 0.4) is 0 Å². The van der Waals surface area contributed by atoms with E-state index in [9.17, 15) is 4.79 Å². The Labute approximate surface area is 116 Å². The third-order valence-electron chi connectivity index (χ3n) is 3.21. The monoisotopic (exact) mass is 265 g/mol. The first-order valence-electron chi connectivity index (χ1n) is 6.50. The van der Waals surface area contributed by atoms with Crippen LogP contribution in [-0.2, 0) is 6.54 Å². The Morgan fingerprint density at radius 1 is 1.20 bits per heavy atom. The molecule has 0 saturated carbocycles. The van der Waals surface area contributed by atoms with Gasteiger partial charge in [-0.1, -0.05) is 24.3 Å². The summed E-state index contributed by atoms with van der Waals surface area (Å²) in [6.07, 6.45) is 1.83. The molecule has 0 amide bonds. The molecule has 0 bridgehead atoms. The summed E-state index contributed by atoms with van der Waals surface area (Å²) in [5.41, 5.74) is 1.99. The highest BCUT2D eigenvalue weighted by molar-refractivity contribution is 5.83. The summed E-state index contributed by atoms with van der Waals surface area (Å²) in [6, 6.07) is 13.5. The Morgan fingerprint density at radius 2 is 2.05 bits per heavy atom. The molecule has 0 fully saturated rings. The van der Waals surface area contributed by atoms with Gasteiger partial charge in [-0.05, 0) is 36.1 Å². The predicted molar refractivity (Wildman–Crippen MR) is 80.9 cm³/mol. The van der Waals surface area contributed by atoms with Gasteiger partial charge in [0.15, 0.2) is 0 Å². The van der Waals surface area contributed by atoms with Crippen molar-refractivity contribution in [3.8, 4) is 0 Å². The Balaban J connectivity index is 1.84. The van der Waals surface area contributed by atoms with Crippen molar-refractivity contribution in [1.29, 1.82) is 0 Å². The molecule has 0 unspecified atom stereocenters. The number of nitrogens with one attached hydrogen (secondary N) is 2. The Kier molecular flexibility index (Phi) is 3.21. The second kappa shape index (κ2) is 5.17. The van der Waals surface area contributed by atoms with Crippen molar-refractivity contribution in [2.24, 2.45) is 0 Å². The first-order chi connectivity index (χ1) is 9.72. The van der Waals surface area contributed by atoms with Gasteiger partial charge in [0.2, 0.25) is 0 Å². The summed E-state index contributed by atoms with van der Waals surface area (Å²) in [7, 11) is 0. The number of hydrogen-bond acceptors (Lipinski definition) is 3. The maximum atomic E-state index is 11.9. The molecule has 4 nitrogen and oxygen atoms in total. The molecule has 0 spiro atoms. The Morgan fingerprint density at radius 3 is 2.85 bits per heavy atom. The number of fused-ring (bicyclic) bond motifs is 1. The fourth-order valence-electron chi connectivity index (χ4n) is 2.11. The van der Waals surface area contributed by atoms with E-state index in [1.807, 2.05) is 55.6 Å². The largest absolute Gasteiger partial charge is 0.367 e. The van der Waals surface area contributed by atoms with Crippen LogP contribution in [-0.4, -0.2) is 9.97 Å². The van der Waals surface area contributed by atoms with E-state index >= 15 is 0 Å². The van der Waals surface area contributed by atoms with Crippen LogP contribution in [0.15, 0.2) is 53.5 Å². The molecule has 0 aliphatic rings. The van der Waals surface area contributed by atoms with Gasteiger partial charge in [0, 0.05) is 23.8 Å². The topological polar surface area (TPSA) is 57.8 Å². The van der Waals surface area contributed by atoms with E-state index in [0.717, 1.165) is 16.6 Å². The van der Waals surface area contributed by atoms with Gasteiger partial charge in [0.1, 0.15) is 5.82 Å². The quantitative estimate of drug-likeness (QED) is 0.765. The van der Waals surface area contributed by atoms with E-state index in [1.54, 1.807) is 0 Å². The van der Waals surface area contributed by atoms with Gasteiger partial charge in [-0.2, -0.15) is 0 Å². The summed E-state index contributed by atoms with van der Waals surface area (Å²) in [6.45, 7) is 2.58. The molecule has 3 rings (SSSR count). The maximum absolute atomic E-state index is 11.9. The third kappa shape index (κ3) is 2.54. The Hall–Kier alpha value is -2.62.